The lowest BCUT2D eigenvalue weighted by molar-refractivity contribution is -0.143. The molecular weight excluding hydrogens is 436 g/mol. The van der Waals surface area contributed by atoms with Crippen molar-refractivity contribution >= 4 is 35.5 Å². The summed E-state index contributed by atoms with van der Waals surface area (Å²) < 4.78 is 0. The second kappa shape index (κ2) is 13.6. The number of carbonyl (C=O) groups excluding carboxylic acids is 3. The van der Waals surface area contributed by atoms with Gasteiger partial charge in [-0.3, -0.25) is 14.4 Å². The SMILES string of the molecule is CSCCC(N)C(=O)NC(Cc1ccc(O)cc1)C(=O)NCC(=O)NC(C(=O)O)C(C)C. The van der Waals surface area contributed by atoms with Gasteiger partial charge in [-0.05, 0) is 42.0 Å². The molecule has 0 aliphatic heterocycles. The number of aromatic hydroxyl groups is 1. The van der Waals surface area contributed by atoms with Crippen LogP contribution in [0.3, 0.4) is 0 Å². The van der Waals surface area contributed by atoms with Crippen molar-refractivity contribution in [1.29, 1.82) is 0 Å². The zero-order chi connectivity index (χ0) is 24.3. The summed E-state index contributed by atoms with van der Waals surface area (Å²) in [7, 11) is 0. The average molecular weight is 469 g/mol. The first-order valence-electron chi connectivity index (χ1n) is 10.2. The van der Waals surface area contributed by atoms with Gasteiger partial charge in [0.1, 0.15) is 17.8 Å². The molecule has 0 bridgehead atoms. The first-order chi connectivity index (χ1) is 15.0. The molecule has 10 nitrogen and oxygen atoms in total. The molecule has 3 atom stereocenters. The van der Waals surface area contributed by atoms with Crippen LogP contribution in [-0.2, 0) is 25.6 Å². The Balaban J connectivity index is 2.82. The van der Waals surface area contributed by atoms with Crippen LogP contribution in [0.4, 0.5) is 0 Å². The Morgan fingerprint density at radius 1 is 1.06 bits per heavy atom. The molecular formula is C21H32N4O6S. The summed E-state index contributed by atoms with van der Waals surface area (Å²) in [6.45, 7) is 2.86. The van der Waals surface area contributed by atoms with Crippen molar-refractivity contribution in [3.8, 4) is 5.75 Å². The maximum Gasteiger partial charge on any atom is 0.326 e. The third-order valence-electron chi connectivity index (χ3n) is 4.65. The fourth-order valence-electron chi connectivity index (χ4n) is 2.76. The number of carboxylic acids is 1. The zero-order valence-electron chi connectivity index (χ0n) is 18.5. The third kappa shape index (κ3) is 9.56. The lowest BCUT2D eigenvalue weighted by atomic mass is 10.0. The number of aliphatic carboxylic acids is 1. The molecule has 0 fully saturated rings. The molecule has 3 amide bonds. The first-order valence-corrected chi connectivity index (χ1v) is 11.6. The summed E-state index contributed by atoms with van der Waals surface area (Å²) in [5.41, 5.74) is 6.57. The molecule has 32 heavy (non-hydrogen) atoms. The quantitative estimate of drug-likeness (QED) is 0.232. The van der Waals surface area contributed by atoms with Crippen LogP contribution >= 0.6 is 11.8 Å². The molecule has 1 rings (SSSR count). The van der Waals surface area contributed by atoms with E-state index in [1.807, 2.05) is 6.26 Å². The molecule has 0 saturated heterocycles. The summed E-state index contributed by atoms with van der Waals surface area (Å²) in [6.07, 6.45) is 2.44. The van der Waals surface area contributed by atoms with Gasteiger partial charge in [-0.25, -0.2) is 4.79 Å². The standard InChI is InChI=1S/C21H32N4O6S/c1-12(2)18(21(30)31)25-17(27)11-23-20(29)16(10-13-4-6-14(26)7-5-13)24-19(28)15(22)8-9-32-3/h4-7,12,15-16,18,26H,8-11,22H2,1-3H3,(H,23,29)(H,24,28)(H,25,27)(H,30,31). The predicted octanol–water partition coefficient (Wildman–Crippen LogP) is -0.158. The van der Waals surface area contributed by atoms with Crippen LogP contribution in [-0.4, -0.2) is 70.6 Å². The van der Waals surface area contributed by atoms with E-state index < -0.39 is 48.4 Å². The monoisotopic (exact) mass is 468 g/mol. The summed E-state index contributed by atoms with van der Waals surface area (Å²) in [5, 5.41) is 26.0. The van der Waals surface area contributed by atoms with E-state index in [1.165, 1.54) is 12.1 Å². The topological polar surface area (TPSA) is 171 Å². The zero-order valence-corrected chi connectivity index (χ0v) is 19.3. The molecule has 0 heterocycles. The van der Waals surface area contributed by atoms with Crippen LogP contribution in [0.2, 0.25) is 0 Å². The molecule has 0 aliphatic rings. The van der Waals surface area contributed by atoms with Crippen molar-refractivity contribution in [3.05, 3.63) is 29.8 Å². The van der Waals surface area contributed by atoms with Crippen LogP contribution in [0, 0.1) is 5.92 Å². The molecule has 0 spiro atoms. The Morgan fingerprint density at radius 2 is 1.69 bits per heavy atom. The maximum absolute atomic E-state index is 12.7. The van der Waals surface area contributed by atoms with E-state index in [9.17, 15) is 29.4 Å². The highest BCUT2D eigenvalue weighted by molar-refractivity contribution is 7.98. The molecule has 0 radical (unpaired) electrons. The number of hydrogen-bond acceptors (Lipinski definition) is 7. The lowest BCUT2D eigenvalue weighted by Gasteiger charge is -2.22. The second-order valence-corrected chi connectivity index (χ2v) is 8.65. The van der Waals surface area contributed by atoms with Crippen molar-refractivity contribution in [2.45, 2.75) is 44.8 Å². The van der Waals surface area contributed by atoms with E-state index in [4.69, 9.17) is 5.73 Å². The fraction of sp³-hybridized carbons (Fsp3) is 0.524. The van der Waals surface area contributed by atoms with E-state index in [1.54, 1.807) is 37.7 Å². The van der Waals surface area contributed by atoms with Crippen LogP contribution < -0.4 is 21.7 Å². The van der Waals surface area contributed by atoms with Crippen LogP contribution in [0.5, 0.6) is 5.75 Å². The Kier molecular flexibility index (Phi) is 11.6. The summed E-state index contributed by atoms with van der Waals surface area (Å²) in [6, 6.07) is 3.26. The van der Waals surface area contributed by atoms with Crippen molar-refractivity contribution in [2.24, 2.45) is 11.7 Å². The highest BCUT2D eigenvalue weighted by Gasteiger charge is 2.26. The first kappa shape index (κ1) is 27.2. The minimum absolute atomic E-state index is 0.0627. The molecule has 3 unspecified atom stereocenters. The third-order valence-corrected chi connectivity index (χ3v) is 5.30. The van der Waals surface area contributed by atoms with Crippen molar-refractivity contribution in [2.75, 3.05) is 18.6 Å². The highest BCUT2D eigenvalue weighted by atomic mass is 32.2. The van der Waals surface area contributed by atoms with Crippen molar-refractivity contribution in [3.63, 3.8) is 0 Å². The highest BCUT2D eigenvalue weighted by Crippen LogP contribution is 2.12. The molecule has 11 heteroatoms. The van der Waals surface area contributed by atoms with Crippen LogP contribution in [0.25, 0.3) is 0 Å². The van der Waals surface area contributed by atoms with Gasteiger partial charge in [-0.2, -0.15) is 11.8 Å². The molecule has 0 saturated carbocycles. The van der Waals surface area contributed by atoms with E-state index in [0.717, 1.165) is 0 Å². The van der Waals surface area contributed by atoms with E-state index in [-0.39, 0.29) is 18.1 Å². The number of rotatable bonds is 13. The van der Waals surface area contributed by atoms with Gasteiger partial charge < -0.3 is 31.9 Å². The van der Waals surface area contributed by atoms with E-state index in [0.29, 0.717) is 17.7 Å². The van der Waals surface area contributed by atoms with Gasteiger partial charge in [0.05, 0.1) is 12.6 Å². The number of carboxylic acid groups (broad SMARTS) is 1. The number of hydrogen-bond donors (Lipinski definition) is 6. The molecule has 0 aromatic heterocycles. The molecule has 1 aromatic rings. The minimum atomic E-state index is -1.17. The Bertz CT molecular complexity index is 787. The lowest BCUT2D eigenvalue weighted by Crippen LogP contribution is -2.54. The number of nitrogens with two attached hydrogens (primary N) is 1. The Labute approximate surface area is 191 Å². The smallest absolute Gasteiger partial charge is 0.326 e. The van der Waals surface area contributed by atoms with Gasteiger partial charge in [0, 0.05) is 6.42 Å². The van der Waals surface area contributed by atoms with Crippen molar-refractivity contribution in [1.82, 2.24) is 16.0 Å². The molecule has 1 aromatic carbocycles. The predicted molar refractivity (Wildman–Crippen MR) is 122 cm³/mol. The van der Waals surface area contributed by atoms with Crippen LogP contribution in [0.15, 0.2) is 24.3 Å². The van der Waals surface area contributed by atoms with E-state index in [2.05, 4.69) is 16.0 Å². The second-order valence-electron chi connectivity index (χ2n) is 7.66. The normalized spacial score (nSPS) is 13.7. The Hall–Kier alpha value is -2.79. The van der Waals surface area contributed by atoms with Gasteiger partial charge in [0.25, 0.3) is 0 Å². The summed E-state index contributed by atoms with van der Waals surface area (Å²) in [4.78, 5) is 48.5. The number of benzene rings is 1. The maximum atomic E-state index is 12.7. The largest absolute Gasteiger partial charge is 0.508 e. The van der Waals surface area contributed by atoms with E-state index >= 15 is 0 Å². The number of thioether (sulfide) groups is 1. The number of phenols is 1. The fourth-order valence-corrected chi connectivity index (χ4v) is 3.25. The van der Waals surface area contributed by atoms with Crippen LogP contribution in [0.1, 0.15) is 25.8 Å². The number of phenolic OH excluding ortho intramolecular Hbond substituents is 1. The van der Waals surface area contributed by atoms with Gasteiger partial charge in [0.2, 0.25) is 17.7 Å². The molecule has 178 valence electrons. The number of carbonyl (C=O) groups is 4. The summed E-state index contributed by atoms with van der Waals surface area (Å²) in [5.74, 6) is -2.53. The molecule has 0 aliphatic carbocycles. The average Bonchev–Trinajstić information content (AvgIpc) is 2.74. The number of nitrogens with one attached hydrogen (secondary N) is 3. The van der Waals surface area contributed by atoms with Crippen molar-refractivity contribution < 1.29 is 29.4 Å². The molecule has 7 N–H and O–H groups in total. The minimum Gasteiger partial charge on any atom is -0.508 e. The van der Waals surface area contributed by atoms with Gasteiger partial charge in [0.15, 0.2) is 0 Å². The summed E-state index contributed by atoms with van der Waals surface area (Å²) >= 11 is 1.55. The Morgan fingerprint density at radius 3 is 2.22 bits per heavy atom. The van der Waals surface area contributed by atoms with Gasteiger partial charge in [-0.1, -0.05) is 26.0 Å². The van der Waals surface area contributed by atoms with Gasteiger partial charge >= 0.3 is 5.97 Å². The van der Waals surface area contributed by atoms with Gasteiger partial charge in [-0.15, -0.1) is 0 Å². The number of amides is 3.